The number of amides is 1. The van der Waals surface area contributed by atoms with Crippen molar-refractivity contribution >= 4 is 18.8 Å². The van der Waals surface area contributed by atoms with Crippen molar-refractivity contribution in [3.05, 3.63) is 65.7 Å². The summed E-state index contributed by atoms with van der Waals surface area (Å²) in [5, 5.41) is 3.61. The average Bonchev–Trinajstić information content (AvgIpc) is 2.67. The molecule has 1 aromatic carbocycles. The lowest BCUT2D eigenvalue weighted by molar-refractivity contribution is 0.0435. The van der Waals surface area contributed by atoms with E-state index in [1.54, 1.807) is 24.5 Å². The van der Waals surface area contributed by atoms with Gasteiger partial charge in [-0.15, -0.1) is 0 Å². The van der Waals surface area contributed by atoms with E-state index in [-0.39, 0.29) is 11.8 Å². The minimum absolute atomic E-state index is 0.263. The van der Waals surface area contributed by atoms with E-state index in [1.807, 2.05) is 12.1 Å². The number of cyclic esters (lactones) is 1. The van der Waals surface area contributed by atoms with Crippen molar-refractivity contribution < 1.29 is 13.9 Å². The van der Waals surface area contributed by atoms with Gasteiger partial charge in [0.25, 0.3) is 0 Å². The maximum Gasteiger partial charge on any atom is 0.417 e. The number of halogens is 1. The summed E-state index contributed by atoms with van der Waals surface area (Å²) in [5.41, 5.74) is 4.34. The van der Waals surface area contributed by atoms with Gasteiger partial charge in [-0.05, 0) is 35.4 Å². The first kappa shape index (κ1) is 17.5. The van der Waals surface area contributed by atoms with E-state index in [9.17, 15) is 9.18 Å². The van der Waals surface area contributed by atoms with Gasteiger partial charge in [0.1, 0.15) is 11.9 Å². The third-order valence-corrected chi connectivity index (χ3v) is 3.92. The molecule has 1 aromatic heterocycles. The van der Waals surface area contributed by atoms with E-state index >= 15 is 0 Å². The Morgan fingerprint density at radius 3 is 2.69 bits per heavy atom. The van der Waals surface area contributed by atoms with Crippen LogP contribution in [-0.2, 0) is 11.3 Å². The first-order valence-corrected chi connectivity index (χ1v) is 8.06. The molecule has 1 atom stereocenters. The number of rotatable bonds is 4. The van der Waals surface area contributed by atoms with Crippen molar-refractivity contribution in [3.8, 4) is 0 Å². The van der Waals surface area contributed by atoms with Crippen molar-refractivity contribution in [1.82, 2.24) is 15.3 Å². The molecule has 1 aliphatic heterocycles. The van der Waals surface area contributed by atoms with E-state index in [2.05, 4.69) is 27.2 Å². The van der Waals surface area contributed by atoms with Crippen LogP contribution in [0.2, 0.25) is 0 Å². The maximum absolute atomic E-state index is 13.0. The molecule has 1 saturated heterocycles. The standard InChI is InChI=1S/C18H18FN5O2/c1-20-23-17(22-12-13-6-9-21-10-7-13)24-11-8-16(26-18(24)25)14-2-4-15(19)5-3-14/h2-7,9-10,16H,1,8,11-12H2,(H,22,23). The summed E-state index contributed by atoms with van der Waals surface area (Å²) >= 11 is 0. The lowest BCUT2D eigenvalue weighted by atomic mass is 10.1. The quantitative estimate of drug-likeness (QED) is 0.520. The number of carbonyl (C=O) groups excluding carboxylic acids is 1. The molecule has 1 N–H and O–H groups in total. The number of aliphatic imine (C=N–C) groups is 1. The number of carbonyl (C=O) groups is 1. The van der Waals surface area contributed by atoms with Gasteiger partial charge in [-0.1, -0.05) is 12.1 Å². The van der Waals surface area contributed by atoms with Gasteiger partial charge in [0.2, 0.25) is 5.96 Å². The van der Waals surface area contributed by atoms with E-state index in [0.29, 0.717) is 19.5 Å². The van der Waals surface area contributed by atoms with E-state index < -0.39 is 12.2 Å². The van der Waals surface area contributed by atoms with Crippen molar-refractivity contribution in [3.63, 3.8) is 0 Å². The number of hydrazone groups is 1. The number of hydrogen-bond acceptors (Lipinski definition) is 5. The highest BCUT2D eigenvalue weighted by molar-refractivity contribution is 5.94. The third-order valence-electron chi connectivity index (χ3n) is 3.92. The fraction of sp³-hybridized carbons (Fsp3) is 0.222. The van der Waals surface area contributed by atoms with Crippen LogP contribution < -0.4 is 5.43 Å². The molecule has 26 heavy (non-hydrogen) atoms. The topological polar surface area (TPSA) is 79.2 Å². The van der Waals surface area contributed by atoms with Crippen molar-refractivity contribution in [1.29, 1.82) is 0 Å². The zero-order valence-corrected chi connectivity index (χ0v) is 14.0. The average molecular weight is 355 g/mol. The number of ether oxygens (including phenoxy) is 1. The molecule has 0 radical (unpaired) electrons. The second-order valence-corrected chi connectivity index (χ2v) is 5.63. The first-order chi connectivity index (χ1) is 12.7. The van der Waals surface area contributed by atoms with E-state index in [1.165, 1.54) is 17.0 Å². The van der Waals surface area contributed by atoms with Gasteiger partial charge in [0.15, 0.2) is 0 Å². The number of guanidine groups is 1. The second-order valence-electron chi connectivity index (χ2n) is 5.63. The lowest BCUT2D eigenvalue weighted by Gasteiger charge is -2.32. The summed E-state index contributed by atoms with van der Waals surface area (Å²) in [4.78, 5) is 22.1. The molecule has 1 unspecified atom stereocenters. The molecule has 0 saturated carbocycles. The maximum atomic E-state index is 13.0. The van der Waals surface area contributed by atoms with E-state index in [4.69, 9.17) is 4.74 Å². The van der Waals surface area contributed by atoms with Gasteiger partial charge < -0.3 is 4.74 Å². The predicted molar refractivity (Wildman–Crippen MR) is 95.0 cm³/mol. The Labute approximate surface area is 150 Å². The van der Waals surface area contributed by atoms with Crippen molar-refractivity contribution in [2.45, 2.75) is 19.1 Å². The molecule has 7 nitrogen and oxygen atoms in total. The fourth-order valence-corrected chi connectivity index (χ4v) is 2.59. The van der Waals surface area contributed by atoms with Crippen LogP contribution in [0.15, 0.2) is 58.9 Å². The summed E-state index contributed by atoms with van der Waals surface area (Å²) in [6.45, 7) is 4.12. The highest BCUT2D eigenvalue weighted by atomic mass is 19.1. The van der Waals surface area contributed by atoms with Crippen LogP contribution in [0.3, 0.4) is 0 Å². The molecular weight excluding hydrogens is 337 g/mol. The van der Waals surface area contributed by atoms with Crippen LogP contribution in [0.25, 0.3) is 0 Å². The largest absolute Gasteiger partial charge is 0.441 e. The van der Waals surface area contributed by atoms with Gasteiger partial charge in [-0.2, -0.15) is 5.10 Å². The Morgan fingerprint density at radius 1 is 1.31 bits per heavy atom. The third kappa shape index (κ3) is 4.21. The molecule has 0 bridgehead atoms. The summed E-state index contributed by atoms with van der Waals surface area (Å²) < 4.78 is 18.5. The van der Waals surface area contributed by atoms with Crippen molar-refractivity contribution in [2.75, 3.05) is 6.54 Å². The molecule has 3 rings (SSSR count). The smallest absolute Gasteiger partial charge is 0.417 e. The number of benzene rings is 1. The summed E-state index contributed by atoms with van der Waals surface area (Å²) in [5.74, 6) is -0.0660. The van der Waals surface area contributed by atoms with E-state index in [0.717, 1.165) is 11.1 Å². The number of pyridine rings is 1. The normalized spacial score (nSPS) is 17.6. The van der Waals surface area contributed by atoms with Crippen LogP contribution in [0, 0.1) is 5.82 Å². The van der Waals surface area contributed by atoms with Crippen LogP contribution in [0.1, 0.15) is 23.7 Å². The fourth-order valence-electron chi connectivity index (χ4n) is 2.59. The van der Waals surface area contributed by atoms with Gasteiger partial charge in [0.05, 0.1) is 6.54 Å². The number of nitrogens with one attached hydrogen (secondary N) is 1. The Balaban J connectivity index is 1.70. The van der Waals surface area contributed by atoms with Crippen LogP contribution in [0.5, 0.6) is 0 Å². The van der Waals surface area contributed by atoms with Crippen LogP contribution >= 0.6 is 0 Å². The Bertz CT molecular complexity index is 795. The monoisotopic (exact) mass is 355 g/mol. The molecule has 1 amide bonds. The molecule has 1 aliphatic rings. The summed E-state index contributed by atoms with van der Waals surface area (Å²) in [6, 6.07) is 9.60. The van der Waals surface area contributed by atoms with Crippen molar-refractivity contribution in [2.24, 2.45) is 10.1 Å². The SMILES string of the molecule is C=NNC(=NCc1ccncc1)N1CCC(c2ccc(F)cc2)OC1=O. The molecule has 8 heteroatoms. The summed E-state index contributed by atoms with van der Waals surface area (Å²) in [6.07, 6.45) is 2.93. The first-order valence-electron chi connectivity index (χ1n) is 8.06. The van der Waals surface area contributed by atoms with Gasteiger partial charge in [0, 0.05) is 32.1 Å². The Kier molecular flexibility index (Phi) is 5.52. The predicted octanol–water partition coefficient (Wildman–Crippen LogP) is 2.87. The number of aromatic nitrogens is 1. The minimum atomic E-state index is -0.546. The van der Waals surface area contributed by atoms with Gasteiger partial charge in [-0.3, -0.25) is 4.98 Å². The summed E-state index contributed by atoms with van der Waals surface area (Å²) in [7, 11) is 0. The van der Waals surface area contributed by atoms with Crippen LogP contribution in [0.4, 0.5) is 9.18 Å². The number of nitrogens with zero attached hydrogens (tertiary/aromatic N) is 4. The van der Waals surface area contributed by atoms with Gasteiger partial charge in [-0.25, -0.2) is 24.5 Å². The molecule has 134 valence electrons. The molecule has 0 aliphatic carbocycles. The zero-order valence-electron chi connectivity index (χ0n) is 14.0. The van der Waals surface area contributed by atoms with Gasteiger partial charge >= 0.3 is 6.09 Å². The molecule has 0 spiro atoms. The Hall–Kier alpha value is -3.29. The van der Waals surface area contributed by atoms with Crippen LogP contribution in [-0.4, -0.2) is 35.2 Å². The zero-order chi connectivity index (χ0) is 18.4. The highest BCUT2D eigenvalue weighted by Gasteiger charge is 2.31. The molecular formula is C18H18FN5O2. The lowest BCUT2D eigenvalue weighted by Crippen LogP contribution is -2.47. The highest BCUT2D eigenvalue weighted by Crippen LogP contribution is 2.27. The Morgan fingerprint density at radius 2 is 2.04 bits per heavy atom. The minimum Gasteiger partial charge on any atom is -0.441 e. The molecule has 1 fully saturated rings. The number of hydrogen-bond donors (Lipinski definition) is 1. The molecule has 2 heterocycles. The second kappa shape index (κ2) is 8.19. The molecule has 2 aromatic rings.